The van der Waals surface area contributed by atoms with Crippen LogP contribution in [0.5, 0.6) is 0 Å². The van der Waals surface area contributed by atoms with Gasteiger partial charge in [-0.1, -0.05) is 26.2 Å². The second-order valence-electron chi connectivity index (χ2n) is 7.53. The van der Waals surface area contributed by atoms with Gasteiger partial charge in [-0.15, -0.1) is 11.3 Å². The summed E-state index contributed by atoms with van der Waals surface area (Å²) in [5, 5.41) is 10.4. The first kappa shape index (κ1) is 19.6. The Kier molecular flexibility index (Phi) is 7.74. The summed E-state index contributed by atoms with van der Waals surface area (Å²) in [7, 11) is 0. The monoisotopic (exact) mass is 377 g/mol. The molecule has 1 aliphatic heterocycles. The standard InChI is InChI=1S/C20H35N5S/c1-3-19-23-17(15-26-19)14-22-20(21-4-2)24-16-10-12-25(13-11-16)18-8-6-5-7-9-18/h15-16,18H,3-14H2,1-2H3,(H2,21,22,24). The third-order valence-corrected chi connectivity index (χ3v) is 6.65. The molecule has 1 aromatic heterocycles. The number of rotatable bonds is 6. The van der Waals surface area contributed by atoms with E-state index in [0.29, 0.717) is 12.6 Å². The molecule has 0 spiro atoms. The van der Waals surface area contributed by atoms with Crippen LogP contribution in [-0.4, -0.2) is 47.6 Å². The Hall–Kier alpha value is -1.14. The van der Waals surface area contributed by atoms with E-state index in [1.807, 2.05) is 0 Å². The number of aliphatic imine (C=N–C) groups is 1. The van der Waals surface area contributed by atoms with Crippen molar-refractivity contribution >= 4 is 17.3 Å². The number of hydrogen-bond acceptors (Lipinski definition) is 4. The first-order valence-corrected chi connectivity index (χ1v) is 11.4. The van der Waals surface area contributed by atoms with Crippen molar-refractivity contribution in [3.8, 4) is 0 Å². The maximum atomic E-state index is 4.76. The van der Waals surface area contributed by atoms with Gasteiger partial charge in [0.15, 0.2) is 5.96 Å². The molecule has 6 heteroatoms. The van der Waals surface area contributed by atoms with E-state index in [2.05, 4.69) is 39.7 Å². The van der Waals surface area contributed by atoms with Crippen molar-refractivity contribution in [2.75, 3.05) is 19.6 Å². The number of aromatic nitrogens is 1. The smallest absolute Gasteiger partial charge is 0.191 e. The van der Waals surface area contributed by atoms with Gasteiger partial charge >= 0.3 is 0 Å². The van der Waals surface area contributed by atoms with Gasteiger partial charge in [0.1, 0.15) is 0 Å². The molecule has 1 aliphatic carbocycles. The van der Waals surface area contributed by atoms with E-state index in [1.165, 1.54) is 63.0 Å². The van der Waals surface area contributed by atoms with Crippen LogP contribution < -0.4 is 10.6 Å². The lowest BCUT2D eigenvalue weighted by molar-refractivity contribution is 0.119. The lowest BCUT2D eigenvalue weighted by atomic mass is 9.92. The zero-order valence-electron chi connectivity index (χ0n) is 16.5. The van der Waals surface area contributed by atoms with E-state index in [0.717, 1.165) is 30.7 Å². The van der Waals surface area contributed by atoms with E-state index < -0.39 is 0 Å². The highest BCUT2D eigenvalue weighted by atomic mass is 32.1. The summed E-state index contributed by atoms with van der Waals surface area (Å²) in [5.74, 6) is 0.940. The van der Waals surface area contributed by atoms with E-state index in [-0.39, 0.29) is 0 Å². The van der Waals surface area contributed by atoms with Crippen LogP contribution in [0.25, 0.3) is 0 Å². The second kappa shape index (κ2) is 10.3. The summed E-state index contributed by atoms with van der Waals surface area (Å²) in [6.07, 6.45) is 10.6. The molecule has 0 radical (unpaired) electrons. The zero-order valence-corrected chi connectivity index (χ0v) is 17.3. The van der Waals surface area contributed by atoms with Crippen molar-refractivity contribution < 1.29 is 0 Å². The number of likely N-dealkylation sites (tertiary alicyclic amines) is 1. The van der Waals surface area contributed by atoms with Crippen LogP contribution in [0.4, 0.5) is 0 Å². The second-order valence-corrected chi connectivity index (χ2v) is 8.47. The summed E-state index contributed by atoms with van der Waals surface area (Å²) in [5.41, 5.74) is 1.08. The molecule has 0 atom stereocenters. The van der Waals surface area contributed by atoms with Crippen molar-refractivity contribution in [1.82, 2.24) is 20.5 Å². The molecular weight excluding hydrogens is 342 g/mol. The van der Waals surface area contributed by atoms with Gasteiger partial charge in [-0.05, 0) is 39.0 Å². The van der Waals surface area contributed by atoms with Gasteiger partial charge in [-0.25, -0.2) is 9.98 Å². The molecule has 0 unspecified atom stereocenters. The van der Waals surface area contributed by atoms with E-state index in [9.17, 15) is 0 Å². The maximum Gasteiger partial charge on any atom is 0.191 e. The number of guanidine groups is 1. The van der Waals surface area contributed by atoms with Crippen molar-refractivity contribution in [2.45, 2.75) is 83.8 Å². The number of nitrogens with one attached hydrogen (secondary N) is 2. The molecule has 0 bridgehead atoms. The SMILES string of the molecule is CCNC(=NCc1csc(CC)n1)NC1CCN(C2CCCCC2)CC1. The average Bonchev–Trinajstić information content (AvgIpc) is 3.16. The fourth-order valence-corrected chi connectivity index (χ4v) is 4.85. The van der Waals surface area contributed by atoms with Crippen LogP contribution in [0.1, 0.15) is 69.5 Å². The quantitative estimate of drug-likeness (QED) is 0.588. The van der Waals surface area contributed by atoms with Crippen molar-refractivity contribution in [3.63, 3.8) is 0 Å². The Morgan fingerprint density at radius 2 is 1.96 bits per heavy atom. The first-order chi connectivity index (χ1) is 12.8. The molecule has 3 rings (SSSR count). The van der Waals surface area contributed by atoms with Gasteiger partial charge in [-0.2, -0.15) is 0 Å². The number of hydrogen-bond donors (Lipinski definition) is 2. The van der Waals surface area contributed by atoms with E-state index >= 15 is 0 Å². The van der Waals surface area contributed by atoms with Gasteiger partial charge in [0, 0.05) is 37.1 Å². The fraction of sp³-hybridized carbons (Fsp3) is 0.800. The largest absolute Gasteiger partial charge is 0.357 e. The van der Waals surface area contributed by atoms with Crippen molar-refractivity contribution in [3.05, 3.63) is 16.1 Å². The van der Waals surface area contributed by atoms with Gasteiger partial charge in [0.05, 0.1) is 17.2 Å². The van der Waals surface area contributed by atoms with Crippen molar-refractivity contribution in [2.24, 2.45) is 4.99 Å². The molecule has 0 amide bonds. The highest BCUT2D eigenvalue weighted by molar-refractivity contribution is 7.09. The van der Waals surface area contributed by atoms with Gasteiger partial charge in [0.2, 0.25) is 0 Å². The normalized spacial score (nSPS) is 21.1. The minimum absolute atomic E-state index is 0.536. The Labute approximate surface area is 162 Å². The molecule has 1 saturated heterocycles. The number of aryl methyl sites for hydroxylation is 1. The molecule has 5 nitrogen and oxygen atoms in total. The Bertz CT molecular complexity index is 556. The number of thiazole rings is 1. The van der Waals surface area contributed by atoms with Gasteiger partial charge in [-0.3, -0.25) is 0 Å². The third kappa shape index (κ3) is 5.68. The molecule has 146 valence electrons. The highest BCUT2D eigenvalue weighted by Crippen LogP contribution is 2.25. The molecular formula is C20H35N5S. The predicted octanol–water partition coefficient (Wildman–Crippen LogP) is 3.56. The number of nitrogens with zero attached hydrogens (tertiary/aromatic N) is 3. The minimum atomic E-state index is 0.536. The zero-order chi connectivity index (χ0) is 18.2. The lowest BCUT2D eigenvalue weighted by Gasteiger charge is -2.39. The molecule has 1 aromatic rings. The topological polar surface area (TPSA) is 52.6 Å². The Balaban J connectivity index is 1.47. The maximum absolute atomic E-state index is 4.76. The van der Waals surface area contributed by atoms with Crippen molar-refractivity contribution in [1.29, 1.82) is 0 Å². The van der Waals surface area contributed by atoms with Crippen LogP contribution >= 0.6 is 11.3 Å². The predicted molar refractivity (Wildman–Crippen MR) is 111 cm³/mol. The summed E-state index contributed by atoms with van der Waals surface area (Å²) in [4.78, 5) is 12.1. The third-order valence-electron chi connectivity index (χ3n) is 5.61. The van der Waals surface area contributed by atoms with Crippen LogP contribution in [-0.2, 0) is 13.0 Å². The van der Waals surface area contributed by atoms with Crippen LogP contribution in [0.3, 0.4) is 0 Å². The van der Waals surface area contributed by atoms with E-state index in [4.69, 9.17) is 4.99 Å². The van der Waals surface area contributed by atoms with E-state index in [1.54, 1.807) is 11.3 Å². The van der Waals surface area contributed by atoms with Crippen LogP contribution in [0, 0.1) is 0 Å². The Morgan fingerprint density at radius 3 is 2.62 bits per heavy atom. The summed E-state index contributed by atoms with van der Waals surface area (Å²) in [6, 6.07) is 1.39. The summed E-state index contributed by atoms with van der Waals surface area (Å²) in [6.45, 7) is 8.29. The Morgan fingerprint density at radius 1 is 1.19 bits per heavy atom. The molecule has 2 heterocycles. The first-order valence-electron chi connectivity index (χ1n) is 10.5. The average molecular weight is 378 g/mol. The molecule has 26 heavy (non-hydrogen) atoms. The molecule has 1 saturated carbocycles. The fourth-order valence-electron chi connectivity index (χ4n) is 4.11. The minimum Gasteiger partial charge on any atom is -0.357 e. The molecule has 0 aromatic carbocycles. The molecule has 2 fully saturated rings. The lowest BCUT2D eigenvalue weighted by Crippen LogP contribution is -2.50. The summed E-state index contributed by atoms with van der Waals surface area (Å²) >= 11 is 1.74. The van der Waals surface area contributed by atoms with Gasteiger partial charge < -0.3 is 15.5 Å². The number of piperidine rings is 1. The van der Waals surface area contributed by atoms with Crippen LogP contribution in [0.15, 0.2) is 10.4 Å². The highest BCUT2D eigenvalue weighted by Gasteiger charge is 2.26. The van der Waals surface area contributed by atoms with Gasteiger partial charge in [0.25, 0.3) is 0 Å². The summed E-state index contributed by atoms with van der Waals surface area (Å²) < 4.78 is 0. The molecule has 2 aliphatic rings. The molecule has 2 N–H and O–H groups in total. The van der Waals surface area contributed by atoms with Crippen LogP contribution in [0.2, 0.25) is 0 Å².